The summed E-state index contributed by atoms with van der Waals surface area (Å²) in [6.07, 6.45) is 2.67. The van der Waals surface area contributed by atoms with Gasteiger partial charge in [0.25, 0.3) is 0 Å². The highest BCUT2D eigenvalue weighted by atomic mass is 19.1. The number of carboxylic acids is 1. The Morgan fingerprint density at radius 2 is 1.73 bits per heavy atom. The predicted octanol–water partition coefficient (Wildman–Crippen LogP) is 7.82. The second kappa shape index (κ2) is 10.6. The Morgan fingerprint density at radius 1 is 1.05 bits per heavy atom. The molecule has 8 heteroatoms. The normalized spacial score (nSPS) is 16.2. The number of carbonyl (C=O) groups is 1. The highest BCUT2D eigenvalue weighted by Gasteiger charge is 2.35. The zero-order chi connectivity index (χ0) is 29.7. The molecule has 1 fully saturated rings. The number of imidazole rings is 1. The van der Waals surface area contributed by atoms with Gasteiger partial charge in [-0.05, 0) is 81.3 Å². The van der Waals surface area contributed by atoms with Crippen LogP contribution in [0, 0.1) is 24.0 Å². The number of nitrogens with zero attached hydrogens (tertiary/aromatic N) is 3. The summed E-state index contributed by atoms with van der Waals surface area (Å²) >= 11 is 0. The van der Waals surface area contributed by atoms with Gasteiger partial charge in [-0.15, -0.1) is 0 Å². The molecule has 6 nitrogen and oxygen atoms in total. The van der Waals surface area contributed by atoms with E-state index in [1.165, 1.54) is 12.1 Å². The van der Waals surface area contributed by atoms with Crippen LogP contribution in [0.1, 0.15) is 64.7 Å². The van der Waals surface area contributed by atoms with E-state index in [0.29, 0.717) is 28.0 Å². The standard InChI is InChI=1S/C33H37F2N3O3/c1-20-16-27-36-26(22-9-7-8-21(17-22)24-11-10-23(34)18-25(24)35)19-38(27)30(37-14-12-33(5,6)13-15-37)28(20)29(31(39)40)41-32(2,3)4/h7-11,16-19,29H,12-15H2,1-6H3,(H,39,40). The van der Waals surface area contributed by atoms with Crippen molar-refractivity contribution in [3.05, 3.63) is 77.5 Å². The fraction of sp³-hybridized carbons (Fsp3) is 0.394. The smallest absolute Gasteiger partial charge is 0.337 e. The second-order valence-corrected chi connectivity index (χ2v) is 12.7. The minimum absolute atomic E-state index is 0.198. The van der Waals surface area contributed by atoms with E-state index in [9.17, 15) is 18.7 Å². The maximum absolute atomic E-state index is 14.6. The molecule has 0 radical (unpaired) electrons. The Labute approximate surface area is 239 Å². The van der Waals surface area contributed by atoms with Crippen LogP contribution in [-0.2, 0) is 9.53 Å². The van der Waals surface area contributed by atoms with Gasteiger partial charge in [0.15, 0.2) is 6.10 Å². The second-order valence-electron chi connectivity index (χ2n) is 12.7. The van der Waals surface area contributed by atoms with Crippen molar-refractivity contribution >= 4 is 17.4 Å². The third kappa shape index (κ3) is 5.98. The van der Waals surface area contributed by atoms with Crippen LogP contribution in [0.15, 0.2) is 54.7 Å². The third-order valence-corrected chi connectivity index (χ3v) is 7.75. The summed E-state index contributed by atoms with van der Waals surface area (Å²) in [5.74, 6) is -1.54. The summed E-state index contributed by atoms with van der Waals surface area (Å²) in [7, 11) is 0. The molecule has 0 saturated carbocycles. The van der Waals surface area contributed by atoms with Crippen LogP contribution in [-0.4, -0.2) is 39.2 Å². The molecule has 1 N–H and O–H groups in total. The first-order chi connectivity index (χ1) is 19.2. The van der Waals surface area contributed by atoms with Gasteiger partial charge in [0.05, 0.1) is 11.3 Å². The number of benzene rings is 2. The first kappa shape index (κ1) is 28.7. The molecule has 5 rings (SSSR count). The number of aromatic nitrogens is 2. The van der Waals surface area contributed by atoms with Gasteiger partial charge in [-0.1, -0.05) is 32.0 Å². The van der Waals surface area contributed by atoms with Crippen LogP contribution in [0.2, 0.25) is 0 Å². The Balaban J connectivity index is 1.68. The molecule has 4 aromatic rings. The maximum atomic E-state index is 14.6. The number of ether oxygens (including phenoxy) is 1. The number of halogens is 2. The van der Waals surface area contributed by atoms with E-state index in [0.717, 1.165) is 48.9 Å². The number of piperidine rings is 1. The first-order valence-electron chi connectivity index (χ1n) is 14.0. The highest BCUT2D eigenvalue weighted by Crippen LogP contribution is 2.40. The van der Waals surface area contributed by atoms with Gasteiger partial charge >= 0.3 is 5.97 Å². The van der Waals surface area contributed by atoms with Crippen LogP contribution in [0.5, 0.6) is 0 Å². The zero-order valence-corrected chi connectivity index (χ0v) is 24.5. The lowest BCUT2D eigenvalue weighted by molar-refractivity contribution is -0.160. The molecule has 41 heavy (non-hydrogen) atoms. The van der Waals surface area contributed by atoms with Gasteiger partial charge in [0, 0.05) is 42.0 Å². The number of carboxylic acid groups (broad SMARTS) is 1. The Hall–Kier alpha value is -3.78. The molecule has 1 atom stereocenters. The monoisotopic (exact) mass is 561 g/mol. The first-order valence-corrected chi connectivity index (χ1v) is 14.0. The average Bonchev–Trinajstić information content (AvgIpc) is 3.30. The van der Waals surface area contributed by atoms with Crippen molar-refractivity contribution in [2.24, 2.45) is 5.41 Å². The molecule has 1 unspecified atom stereocenters. The Morgan fingerprint density at radius 3 is 2.37 bits per heavy atom. The van der Waals surface area contributed by atoms with Gasteiger partial charge in [-0.25, -0.2) is 18.6 Å². The molecule has 3 heterocycles. The summed E-state index contributed by atoms with van der Waals surface area (Å²) < 4.78 is 36.2. The molecular weight excluding hydrogens is 524 g/mol. The molecule has 0 amide bonds. The summed E-state index contributed by atoms with van der Waals surface area (Å²) in [5, 5.41) is 10.3. The minimum atomic E-state index is -1.17. The lowest BCUT2D eigenvalue weighted by atomic mass is 9.82. The summed E-state index contributed by atoms with van der Waals surface area (Å²) in [4.78, 5) is 19.8. The number of rotatable bonds is 6. The predicted molar refractivity (Wildman–Crippen MR) is 157 cm³/mol. The largest absolute Gasteiger partial charge is 0.479 e. The van der Waals surface area contributed by atoms with Crippen molar-refractivity contribution in [1.82, 2.24) is 9.38 Å². The van der Waals surface area contributed by atoms with Crippen molar-refractivity contribution in [3.63, 3.8) is 0 Å². The summed E-state index contributed by atoms with van der Waals surface area (Å²) in [5.41, 5.74) is 3.94. The topological polar surface area (TPSA) is 67.1 Å². The van der Waals surface area contributed by atoms with Crippen molar-refractivity contribution in [3.8, 4) is 22.4 Å². The van der Waals surface area contributed by atoms with Gasteiger partial charge in [-0.2, -0.15) is 0 Å². The van der Waals surface area contributed by atoms with Crippen LogP contribution in [0.3, 0.4) is 0 Å². The molecule has 0 spiro atoms. The van der Waals surface area contributed by atoms with E-state index in [2.05, 4.69) is 18.7 Å². The molecular formula is C33H37F2N3O3. The van der Waals surface area contributed by atoms with Gasteiger partial charge in [-0.3, -0.25) is 4.40 Å². The Bertz CT molecular complexity index is 1610. The van der Waals surface area contributed by atoms with E-state index < -0.39 is 29.3 Å². The van der Waals surface area contributed by atoms with E-state index in [1.807, 2.05) is 62.6 Å². The number of fused-ring (bicyclic) bond motifs is 1. The van der Waals surface area contributed by atoms with Crippen molar-refractivity contribution in [2.45, 2.75) is 66.1 Å². The lowest BCUT2D eigenvalue weighted by Crippen LogP contribution is -2.40. The number of hydrogen-bond donors (Lipinski definition) is 1. The lowest BCUT2D eigenvalue weighted by Gasteiger charge is -2.40. The van der Waals surface area contributed by atoms with E-state index in [4.69, 9.17) is 9.72 Å². The third-order valence-electron chi connectivity index (χ3n) is 7.75. The number of aliphatic carboxylic acids is 1. The van der Waals surface area contributed by atoms with Crippen LogP contribution in [0.25, 0.3) is 28.0 Å². The minimum Gasteiger partial charge on any atom is -0.479 e. The number of pyridine rings is 1. The Kier molecular flexibility index (Phi) is 7.40. The SMILES string of the molecule is Cc1cc2nc(-c3cccc(-c4ccc(F)cc4F)c3)cn2c(N2CCC(C)(C)CC2)c1C(OC(C)(C)C)C(=O)O. The zero-order valence-electron chi connectivity index (χ0n) is 24.5. The average molecular weight is 562 g/mol. The van der Waals surface area contributed by atoms with Gasteiger partial charge in [0.2, 0.25) is 0 Å². The number of anilines is 1. The van der Waals surface area contributed by atoms with Crippen LogP contribution in [0.4, 0.5) is 14.6 Å². The highest BCUT2D eigenvalue weighted by molar-refractivity contribution is 5.80. The number of aryl methyl sites for hydroxylation is 1. The maximum Gasteiger partial charge on any atom is 0.337 e. The molecule has 0 bridgehead atoms. The van der Waals surface area contributed by atoms with Crippen molar-refractivity contribution < 1.29 is 23.4 Å². The van der Waals surface area contributed by atoms with Gasteiger partial charge < -0.3 is 14.7 Å². The molecule has 1 aliphatic rings. The van der Waals surface area contributed by atoms with Gasteiger partial charge in [0.1, 0.15) is 23.1 Å². The molecule has 0 aliphatic carbocycles. The van der Waals surface area contributed by atoms with E-state index in [1.54, 1.807) is 6.07 Å². The molecule has 1 aliphatic heterocycles. The van der Waals surface area contributed by atoms with E-state index >= 15 is 0 Å². The van der Waals surface area contributed by atoms with Crippen molar-refractivity contribution in [1.29, 1.82) is 0 Å². The quantitative estimate of drug-likeness (QED) is 0.260. The summed E-state index contributed by atoms with van der Waals surface area (Å²) in [6, 6.07) is 12.8. The van der Waals surface area contributed by atoms with Crippen molar-refractivity contribution in [2.75, 3.05) is 18.0 Å². The van der Waals surface area contributed by atoms with Crippen LogP contribution >= 0.6 is 0 Å². The molecule has 2 aromatic carbocycles. The summed E-state index contributed by atoms with van der Waals surface area (Å²) in [6.45, 7) is 13.5. The van der Waals surface area contributed by atoms with E-state index in [-0.39, 0.29) is 5.41 Å². The number of hydrogen-bond acceptors (Lipinski definition) is 4. The molecule has 1 saturated heterocycles. The molecule has 216 valence electrons. The fourth-order valence-corrected chi connectivity index (χ4v) is 5.51. The molecule has 2 aromatic heterocycles. The van der Waals surface area contributed by atoms with Crippen LogP contribution < -0.4 is 4.90 Å². The fourth-order valence-electron chi connectivity index (χ4n) is 5.51.